The summed E-state index contributed by atoms with van der Waals surface area (Å²) in [6.07, 6.45) is 8.77. The fourth-order valence-electron chi connectivity index (χ4n) is 5.43. The summed E-state index contributed by atoms with van der Waals surface area (Å²) in [4.78, 5) is 12.8. The Morgan fingerprint density at radius 3 is 2.55 bits per heavy atom. The smallest absolute Gasteiger partial charge is 0.232 e. The molecule has 1 aromatic rings. The molecular weight excluding hydrogens is 318 g/mol. The van der Waals surface area contributed by atoms with Gasteiger partial charge in [0.05, 0.1) is 5.41 Å². The highest BCUT2D eigenvalue weighted by atomic mass is 35.5. The third kappa shape index (κ3) is 2.12. The fourth-order valence-corrected chi connectivity index (χ4v) is 7.03. The number of hydrogen-bond acceptors (Lipinski definition) is 4. The third-order valence-electron chi connectivity index (χ3n) is 6.06. The molecule has 0 aliphatic heterocycles. The van der Waals surface area contributed by atoms with Gasteiger partial charge in [0.25, 0.3) is 0 Å². The lowest BCUT2D eigenvalue weighted by Gasteiger charge is -2.59. The summed E-state index contributed by atoms with van der Waals surface area (Å²) in [5.74, 6) is 2.01. The molecule has 22 heavy (non-hydrogen) atoms. The van der Waals surface area contributed by atoms with E-state index in [0.29, 0.717) is 22.9 Å². The third-order valence-corrected chi connectivity index (χ3v) is 7.50. The van der Waals surface area contributed by atoms with Gasteiger partial charge >= 0.3 is 0 Å². The maximum Gasteiger partial charge on any atom is 0.232 e. The van der Waals surface area contributed by atoms with E-state index in [1.54, 1.807) is 11.3 Å². The predicted octanol–water partition coefficient (Wildman–Crippen LogP) is 3.93. The second-order valence-electron chi connectivity index (χ2n) is 8.07. The van der Waals surface area contributed by atoms with Crippen molar-refractivity contribution in [1.29, 1.82) is 0 Å². The van der Waals surface area contributed by atoms with Crippen molar-refractivity contribution in [2.45, 2.75) is 62.2 Å². The number of nitrogens with zero attached hydrogens (tertiary/aromatic N) is 2. The zero-order chi connectivity index (χ0) is 14.9. The number of amides is 1. The molecule has 6 rings (SSSR count). The maximum atomic E-state index is 13.0. The van der Waals surface area contributed by atoms with Gasteiger partial charge in [-0.3, -0.25) is 4.79 Å². The van der Waals surface area contributed by atoms with Crippen molar-refractivity contribution in [3.05, 3.63) is 5.01 Å². The minimum absolute atomic E-state index is 0.123. The first kappa shape index (κ1) is 13.7. The molecule has 2 atom stereocenters. The van der Waals surface area contributed by atoms with E-state index in [1.165, 1.54) is 19.3 Å². The van der Waals surface area contributed by atoms with E-state index in [-0.39, 0.29) is 16.2 Å². The zero-order valence-electron chi connectivity index (χ0n) is 12.5. The Balaban J connectivity index is 1.37. The van der Waals surface area contributed by atoms with Gasteiger partial charge in [0.2, 0.25) is 11.0 Å². The van der Waals surface area contributed by atoms with Gasteiger partial charge in [-0.25, -0.2) is 0 Å². The van der Waals surface area contributed by atoms with Gasteiger partial charge in [0, 0.05) is 10.8 Å². The summed E-state index contributed by atoms with van der Waals surface area (Å²) in [6, 6.07) is 0. The molecule has 1 N–H and O–H groups in total. The number of nitrogens with one attached hydrogen (secondary N) is 1. The van der Waals surface area contributed by atoms with Gasteiger partial charge in [0.15, 0.2) is 0 Å². The lowest BCUT2D eigenvalue weighted by molar-refractivity contribution is -0.138. The molecule has 0 radical (unpaired) electrons. The highest BCUT2D eigenvalue weighted by Gasteiger charge is 2.60. The molecule has 5 aliphatic carbocycles. The van der Waals surface area contributed by atoms with Crippen molar-refractivity contribution in [3.8, 4) is 0 Å². The number of aromatic nitrogens is 2. The summed E-state index contributed by atoms with van der Waals surface area (Å²) in [7, 11) is 0. The fraction of sp³-hybridized carbons (Fsp3) is 0.812. The molecule has 6 heteroatoms. The predicted molar refractivity (Wildman–Crippen MR) is 86.2 cm³/mol. The van der Waals surface area contributed by atoms with Crippen molar-refractivity contribution >= 4 is 34.0 Å². The molecule has 1 aromatic heterocycles. The highest BCUT2D eigenvalue weighted by molar-refractivity contribution is 7.15. The first-order valence-electron chi connectivity index (χ1n) is 8.37. The molecule has 5 aliphatic rings. The molecule has 118 valence electrons. The number of carbonyl (C=O) groups is 1. The van der Waals surface area contributed by atoms with E-state index >= 15 is 0 Å². The number of alkyl halides is 1. The van der Waals surface area contributed by atoms with Crippen LogP contribution in [0.5, 0.6) is 0 Å². The second-order valence-corrected chi connectivity index (χ2v) is 9.88. The Hall–Kier alpha value is -0.680. The van der Waals surface area contributed by atoms with Gasteiger partial charge in [-0.05, 0) is 63.2 Å². The molecule has 5 saturated carbocycles. The van der Waals surface area contributed by atoms with Gasteiger partial charge in [0.1, 0.15) is 5.01 Å². The molecule has 0 aromatic carbocycles. The van der Waals surface area contributed by atoms with E-state index in [2.05, 4.69) is 15.5 Å². The van der Waals surface area contributed by atoms with Crippen LogP contribution in [0.2, 0.25) is 0 Å². The topological polar surface area (TPSA) is 54.9 Å². The average Bonchev–Trinajstić information content (AvgIpc) is 3.17. The largest absolute Gasteiger partial charge is 0.300 e. The van der Waals surface area contributed by atoms with Crippen LogP contribution in [0, 0.1) is 17.3 Å². The number of halogens is 1. The number of carbonyl (C=O) groups excluding carboxylic acids is 1. The van der Waals surface area contributed by atoms with E-state index in [0.717, 1.165) is 37.1 Å². The summed E-state index contributed by atoms with van der Waals surface area (Å²) >= 11 is 8.36. The van der Waals surface area contributed by atoms with Gasteiger partial charge < -0.3 is 5.32 Å². The minimum atomic E-state index is -0.253. The normalized spacial score (nSPS) is 42.6. The SMILES string of the molecule is O=C(Nc1nnc(C2CC2)s1)C12CC3CC(CC(Cl)(C3)C1)C2. The van der Waals surface area contributed by atoms with E-state index in [9.17, 15) is 4.79 Å². The van der Waals surface area contributed by atoms with E-state index in [4.69, 9.17) is 11.6 Å². The van der Waals surface area contributed by atoms with Crippen molar-refractivity contribution in [3.63, 3.8) is 0 Å². The van der Waals surface area contributed by atoms with Crippen LogP contribution in [0.3, 0.4) is 0 Å². The number of anilines is 1. The molecule has 4 nitrogen and oxygen atoms in total. The molecule has 2 unspecified atom stereocenters. The molecule has 0 saturated heterocycles. The van der Waals surface area contributed by atoms with Crippen LogP contribution in [-0.4, -0.2) is 21.0 Å². The molecule has 1 heterocycles. The van der Waals surface area contributed by atoms with Gasteiger partial charge in [-0.15, -0.1) is 21.8 Å². The van der Waals surface area contributed by atoms with Crippen molar-refractivity contribution in [2.24, 2.45) is 17.3 Å². The molecule has 4 bridgehead atoms. The molecular formula is C16H20ClN3OS. The summed E-state index contributed by atoms with van der Waals surface area (Å²) in [5, 5.41) is 13.2. The summed E-state index contributed by atoms with van der Waals surface area (Å²) in [6.45, 7) is 0. The Kier molecular flexibility index (Phi) is 2.77. The Morgan fingerprint density at radius 1 is 1.18 bits per heavy atom. The lowest BCUT2D eigenvalue weighted by atomic mass is 9.49. The van der Waals surface area contributed by atoms with Gasteiger partial charge in [-0.1, -0.05) is 11.3 Å². The quantitative estimate of drug-likeness (QED) is 0.850. The molecule has 5 fully saturated rings. The monoisotopic (exact) mass is 337 g/mol. The van der Waals surface area contributed by atoms with E-state index in [1.807, 2.05) is 0 Å². The maximum absolute atomic E-state index is 13.0. The van der Waals surface area contributed by atoms with Crippen LogP contribution < -0.4 is 5.32 Å². The number of hydrogen-bond donors (Lipinski definition) is 1. The van der Waals surface area contributed by atoms with Crippen LogP contribution in [0.4, 0.5) is 5.13 Å². The first-order valence-corrected chi connectivity index (χ1v) is 9.57. The van der Waals surface area contributed by atoms with Crippen LogP contribution >= 0.6 is 22.9 Å². The van der Waals surface area contributed by atoms with Crippen LogP contribution in [0.1, 0.15) is 62.3 Å². The van der Waals surface area contributed by atoms with Crippen LogP contribution in [0.25, 0.3) is 0 Å². The Labute approximate surface area is 139 Å². The van der Waals surface area contributed by atoms with Crippen LogP contribution in [0.15, 0.2) is 0 Å². The summed E-state index contributed by atoms with van der Waals surface area (Å²) < 4.78 is 0. The van der Waals surface area contributed by atoms with Gasteiger partial charge in [-0.2, -0.15) is 0 Å². The first-order chi connectivity index (χ1) is 10.5. The summed E-state index contributed by atoms with van der Waals surface area (Å²) in [5.41, 5.74) is -0.253. The Morgan fingerprint density at radius 2 is 1.91 bits per heavy atom. The van der Waals surface area contributed by atoms with Crippen molar-refractivity contribution in [1.82, 2.24) is 10.2 Å². The zero-order valence-corrected chi connectivity index (χ0v) is 14.1. The highest BCUT2D eigenvalue weighted by Crippen LogP contribution is 2.64. The van der Waals surface area contributed by atoms with Crippen molar-refractivity contribution in [2.75, 3.05) is 5.32 Å². The average molecular weight is 338 g/mol. The minimum Gasteiger partial charge on any atom is -0.300 e. The Bertz CT molecular complexity index is 627. The van der Waals surface area contributed by atoms with E-state index < -0.39 is 0 Å². The number of rotatable bonds is 3. The lowest BCUT2D eigenvalue weighted by Crippen LogP contribution is -2.57. The standard InChI is InChI=1S/C16H20ClN3OS/c17-16-6-9-3-10(7-16)5-15(4-9,8-16)13(21)18-14-20-19-12(22-14)11-1-2-11/h9-11H,1-8H2,(H,18,20,21). The molecule has 0 spiro atoms. The van der Waals surface area contributed by atoms with Crippen molar-refractivity contribution < 1.29 is 4.79 Å². The molecule has 1 amide bonds. The van der Waals surface area contributed by atoms with Crippen LogP contribution in [-0.2, 0) is 4.79 Å². The second kappa shape index (κ2) is 4.44.